The molecule has 0 aliphatic carbocycles. The number of carbonyl (C=O) groups excluding carboxylic acids is 2. The fraction of sp³-hybridized carbons (Fsp3) is 0.333. The van der Waals surface area contributed by atoms with Crippen LogP contribution < -0.4 is 5.32 Å². The Bertz CT molecular complexity index is 1030. The first-order chi connectivity index (χ1) is 14.0. The molecule has 1 N–H and O–H groups in total. The van der Waals surface area contributed by atoms with Gasteiger partial charge in [-0.1, -0.05) is 35.5 Å². The minimum Gasteiger partial charge on any atom is -0.361 e. The standard InChI is InChI=1S/C21H22N4O3S/c1-14-18(29-13-23-14)19(26)25-9-8-21(12-25,20(27)22-2)11-16-10-17(24-28-16)15-6-4-3-5-7-15/h3-7,10,13H,8-9,11-12H2,1-2H3,(H,22,27)/t21-/m0/s1. The Morgan fingerprint density at radius 2 is 2.10 bits per heavy atom. The van der Waals surface area contributed by atoms with Crippen LogP contribution in [-0.2, 0) is 11.2 Å². The Kier molecular flexibility index (Phi) is 5.19. The third-order valence-corrected chi connectivity index (χ3v) is 6.35. The summed E-state index contributed by atoms with van der Waals surface area (Å²) in [6.45, 7) is 2.68. The Morgan fingerprint density at radius 3 is 2.79 bits per heavy atom. The van der Waals surface area contributed by atoms with Crippen LogP contribution in [-0.4, -0.2) is 47.0 Å². The van der Waals surface area contributed by atoms with Crippen molar-refractivity contribution < 1.29 is 14.1 Å². The molecule has 0 radical (unpaired) electrons. The lowest BCUT2D eigenvalue weighted by atomic mass is 9.81. The molecular weight excluding hydrogens is 388 g/mol. The van der Waals surface area contributed by atoms with E-state index >= 15 is 0 Å². The maximum atomic E-state index is 12.9. The number of likely N-dealkylation sites (tertiary alicyclic amines) is 1. The molecule has 2 amide bonds. The van der Waals surface area contributed by atoms with Gasteiger partial charge in [-0.15, -0.1) is 11.3 Å². The molecule has 1 atom stereocenters. The summed E-state index contributed by atoms with van der Waals surface area (Å²) >= 11 is 1.33. The molecule has 8 heteroatoms. The number of carbonyl (C=O) groups is 2. The van der Waals surface area contributed by atoms with E-state index in [9.17, 15) is 9.59 Å². The van der Waals surface area contributed by atoms with Crippen molar-refractivity contribution in [3.63, 3.8) is 0 Å². The lowest BCUT2D eigenvalue weighted by Gasteiger charge is -2.26. The highest BCUT2D eigenvalue weighted by molar-refractivity contribution is 7.11. The third-order valence-electron chi connectivity index (χ3n) is 5.43. The topological polar surface area (TPSA) is 88.3 Å². The maximum absolute atomic E-state index is 12.9. The van der Waals surface area contributed by atoms with Crippen LogP contribution in [0.1, 0.15) is 27.5 Å². The summed E-state index contributed by atoms with van der Waals surface area (Å²) in [6, 6.07) is 11.6. The second kappa shape index (κ2) is 7.79. The molecule has 0 spiro atoms. The zero-order chi connectivity index (χ0) is 20.4. The van der Waals surface area contributed by atoms with Gasteiger partial charge in [0.2, 0.25) is 5.91 Å². The molecular formula is C21H22N4O3S. The Hall–Kier alpha value is -3.00. The van der Waals surface area contributed by atoms with Gasteiger partial charge in [-0.25, -0.2) is 4.98 Å². The van der Waals surface area contributed by atoms with E-state index in [2.05, 4.69) is 15.5 Å². The molecule has 4 rings (SSSR count). The van der Waals surface area contributed by atoms with Crippen molar-refractivity contribution in [1.82, 2.24) is 20.4 Å². The van der Waals surface area contributed by atoms with Gasteiger partial charge in [0.1, 0.15) is 16.3 Å². The lowest BCUT2D eigenvalue weighted by Crippen LogP contribution is -2.44. The molecule has 1 aliphatic rings. The predicted molar refractivity (Wildman–Crippen MR) is 110 cm³/mol. The van der Waals surface area contributed by atoms with E-state index in [0.717, 1.165) is 17.0 Å². The highest BCUT2D eigenvalue weighted by Gasteiger charge is 2.47. The van der Waals surface area contributed by atoms with Crippen LogP contribution in [0.4, 0.5) is 0 Å². The number of rotatable bonds is 5. The fourth-order valence-corrected chi connectivity index (χ4v) is 4.62. The van der Waals surface area contributed by atoms with Crippen molar-refractivity contribution in [2.24, 2.45) is 5.41 Å². The van der Waals surface area contributed by atoms with Gasteiger partial charge >= 0.3 is 0 Å². The van der Waals surface area contributed by atoms with Crippen LogP contribution >= 0.6 is 11.3 Å². The number of nitrogens with one attached hydrogen (secondary N) is 1. The summed E-state index contributed by atoms with van der Waals surface area (Å²) in [4.78, 5) is 32.2. The van der Waals surface area contributed by atoms with Gasteiger partial charge in [-0.3, -0.25) is 9.59 Å². The van der Waals surface area contributed by atoms with Gasteiger partial charge in [0.25, 0.3) is 5.91 Å². The number of benzene rings is 1. The number of aromatic nitrogens is 2. The van der Waals surface area contributed by atoms with Crippen LogP contribution in [0, 0.1) is 12.3 Å². The van der Waals surface area contributed by atoms with Crippen molar-refractivity contribution in [2.75, 3.05) is 20.1 Å². The Morgan fingerprint density at radius 1 is 1.31 bits per heavy atom. The number of hydrogen-bond donors (Lipinski definition) is 1. The molecule has 1 saturated heterocycles. The van der Waals surface area contributed by atoms with Crippen molar-refractivity contribution in [1.29, 1.82) is 0 Å². The fourth-order valence-electron chi connectivity index (χ4n) is 3.85. The molecule has 1 aliphatic heterocycles. The second-order valence-electron chi connectivity index (χ2n) is 7.32. The summed E-state index contributed by atoms with van der Waals surface area (Å²) in [7, 11) is 1.62. The minimum atomic E-state index is -0.740. The average Bonchev–Trinajstić information content (AvgIpc) is 3.48. The second-order valence-corrected chi connectivity index (χ2v) is 8.18. The number of nitrogens with zero attached hydrogens (tertiary/aromatic N) is 3. The maximum Gasteiger partial charge on any atom is 0.265 e. The van der Waals surface area contributed by atoms with Crippen LogP contribution in [0.15, 0.2) is 46.4 Å². The van der Waals surface area contributed by atoms with Crippen LogP contribution in [0.25, 0.3) is 11.3 Å². The molecule has 29 heavy (non-hydrogen) atoms. The van der Waals surface area contributed by atoms with E-state index in [4.69, 9.17) is 4.52 Å². The van der Waals surface area contributed by atoms with Gasteiger partial charge in [-0.05, 0) is 13.3 Å². The van der Waals surface area contributed by atoms with Crippen LogP contribution in [0.2, 0.25) is 0 Å². The predicted octanol–water partition coefficient (Wildman–Crippen LogP) is 2.93. The molecule has 0 saturated carbocycles. The molecule has 150 valence electrons. The molecule has 1 aromatic carbocycles. The van der Waals surface area contributed by atoms with Crippen LogP contribution in [0.5, 0.6) is 0 Å². The van der Waals surface area contributed by atoms with E-state index in [1.54, 1.807) is 17.5 Å². The largest absolute Gasteiger partial charge is 0.361 e. The number of thiazole rings is 1. The zero-order valence-corrected chi connectivity index (χ0v) is 17.2. The third kappa shape index (κ3) is 3.67. The van der Waals surface area contributed by atoms with E-state index in [-0.39, 0.29) is 11.8 Å². The summed E-state index contributed by atoms with van der Waals surface area (Å²) < 4.78 is 5.55. The summed E-state index contributed by atoms with van der Waals surface area (Å²) in [5.41, 5.74) is 3.35. The zero-order valence-electron chi connectivity index (χ0n) is 16.3. The van der Waals surface area contributed by atoms with E-state index < -0.39 is 5.41 Å². The number of amides is 2. The Balaban J connectivity index is 1.56. The van der Waals surface area contributed by atoms with Crippen molar-refractivity contribution in [3.8, 4) is 11.3 Å². The molecule has 0 unspecified atom stereocenters. The highest BCUT2D eigenvalue weighted by Crippen LogP contribution is 2.36. The lowest BCUT2D eigenvalue weighted by molar-refractivity contribution is -0.130. The van der Waals surface area contributed by atoms with Crippen molar-refractivity contribution in [3.05, 3.63) is 58.2 Å². The molecule has 7 nitrogen and oxygen atoms in total. The van der Waals surface area contributed by atoms with Gasteiger partial charge < -0.3 is 14.7 Å². The summed E-state index contributed by atoms with van der Waals surface area (Å²) in [5, 5.41) is 6.92. The summed E-state index contributed by atoms with van der Waals surface area (Å²) in [6.07, 6.45) is 0.954. The van der Waals surface area contributed by atoms with Crippen molar-refractivity contribution >= 4 is 23.2 Å². The summed E-state index contributed by atoms with van der Waals surface area (Å²) in [5.74, 6) is 0.473. The molecule has 1 fully saturated rings. The number of hydrogen-bond acceptors (Lipinski definition) is 6. The average molecular weight is 410 g/mol. The van der Waals surface area contributed by atoms with Gasteiger partial charge in [0.15, 0.2) is 0 Å². The van der Waals surface area contributed by atoms with Gasteiger partial charge in [0.05, 0.1) is 16.6 Å². The van der Waals surface area contributed by atoms with E-state index in [0.29, 0.717) is 36.6 Å². The quantitative estimate of drug-likeness (QED) is 0.699. The SMILES string of the molecule is CNC(=O)[C@]1(Cc2cc(-c3ccccc3)no2)CCN(C(=O)c2scnc2C)C1. The first kappa shape index (κ1) is 19.3. The van der Waals surface area contributed by atoms with Crippen LogP contribution in [0.3, 0.4) is 0 Å². The normalized spacial score (nSPS) is 18.8. The van der Waals surface area contributed by atoms with Crippen molar-refractivity contribution in [2.45, 2.75) is 19.8 Å². The van der Waals surface area contributed by atoms with Gasteiger partial charge in [0, 0.05) is 38.2 Å². The molecule has 2 aromatic heterocycles. The first-order valence-electron chi connectivity index (χ1n) is 9.45. The van der Waals surface area contributed by atoms with Gasteiger partial charge in [-0.2, -0.15) is 0 Å². The minimum absolute atomic E-state index is 0.0710. The Labute approximate surface area is 172 Å². The van der Waals surface area contributed by atoms with E-state index in [1.807, 2.05) is 43.3 Å². The first-order valence-corrected chi connectivity index (χ1v) is 10.3. The smallest absolute Gasteiger partial charge is 0.265 e. The highest BCUT2D eigenvalue weighted by atomic mass is 32.1. The number of aryl methyl sites for hydroxylation is 1. The molecule has 0 bridgehead atoms. The monoisotopic (exact) mass is 410 g/mol. The molecule has 3 heterocycles. The van der Waals surface area contributed by atoms with E-state index in [1.165, 1.54) is 11.3 Å². The molecule has 3 aromatic rings.